The summed E-state index contributed by atoms with van der Waals surface area (Å²) in [4.78, 5) is 10.2. The lowest BCUT2D eigenvalue weighted by Gasteiger charge is -2.02. The Kier molecular flexibility index (Phi) is 3.23. The Bertz CT molecular complexity index is 706. The van der Waals surface area contributed by atoms with Crippen LogP contribution in [0.3, 0.4) is 0 Å². The van der Waals surface area contributed by atoms with Crippen molar-refractivity contribution in [1.82, 2.24) is 0 Å². The van der Waals surface area contributed by atoms with Gasteiger partial charge in [0.2, 0.25) is 14.9 Å². The Morgan fingerprint density at radius 2 is 1.94 bits per heavy atom. The van der Waals surface area contributed by atoms with Gasteiger partial charge in [-0.3, -0.25) is 4.79 Å². The Labute approximate surface area is 107 Å². The number of carbonyl (C=O) groups is 1. The summed E-state index contributed by atoms with van der Waals surface area (Å²) in [6.07, 6.45) is 0.386. The van der Waals surface area contributed by atoms with Crippen molar-refractivity contribution in [3.8, 4) is 0 Å². The lowest BCUT2D eigenvalue weighted by molar-refractivity contribution is 0.109. The highest BCUT2D eigenvalue weighted by Crippen LogP contribution is 2.26. The van der Waals surface area contributed by atoms with E-state index in [1.165, 1.54) is 6.07 Å². The third kappa shape index (κ3) is 2.16. The van der Waals surface area contributed by atoms with Crippen molar-refractivity contribution in [2.24, 2.45) is 0 Å². The number of halogens is 2. The first kappa shape index (κ1) is 12.8. The monoisotopic (exact) mass is 288 g/mol. The van der Waals surface area contributed by atoms with Gasteiger partial charge in [-0.25, -0.2) is 12.8 Å². The fourth-order valence-electron chi connectivity index (χ4n) is 1.30. The highest BCUT2D eigenvalue weighted by Gasteiger charge is 2.22. The van der Waals surface area contributed by atoms with Crippen molar-refractivity contribution in [2.75, 3.05) is 0 Å². The van der Waals surface area contributed by atoms with Gasteiger partial charge in [-0.05, 0) is 30.3 Å². The van der Waals surface area contributed by atoms with E-state index in [0.717, 1.165) is 24.3 Å². The maximum absolute atomic E-state index is 13.0. The predicted octanol–water partition coefficient (Wildman–Crippen LogP) is 2.72. The van der Waals surface area contributed by atoms with Crippen LogP contribution in [-0.2, 0) is 9.84 Å². The number of carbonyl (C=O) groups excluding carboxylic acids is 1. The van der Waals surface area contributed by atoms with E-state index >= 15 is 0 Å². The van der Waals surface area contributed by atoms with Crippen LogP contribution in [0.5, 0.6) is 0 Å². The molecule has 0 aliphatic heterocycles. The van der Waals surface area contributed by atoms with E-state index in [-0.39, 0.29) is 15.7 Å². The SMILES string of the molecule is O=Cc1ccc(S(=O)(=O)c2ccc(F)c(Cl)c2)o1. The molecule has 0 radical (unpaired) electrons. The Morgan fingerprint density at radius 3 is 2.50 bits per heavy atom. The lowest BCUT2D eigenvalue weighted by Crippen LogP contribution is -2.00. The number of benzene rings is 1. The molecular formula is C11H6ClFO4S. The van der Waals surface area contributed by atoms with E-state index < -0.39 is 20.7 Å². The molecule has 1 aromatic carbocycles. The first-order valence-corrected chi connectivity index (χ1v) is 6.56. The molecule has 0 amide bonds. The molecule has 0 aliphatic carbocycles. The van der Waals surface area contributed by atoms with E-state index in [1.807, 2.05) is 0 Å². The van der Waals surface area contributed by atoms with Gasteiger partial charge in [0.25, 0.3) is 0 Å². The number of hydrogen-bond acceptors (Lipinski definition) is 4. The van der Waals surface area contributed by atoms with Gasteiger partial charge in [0, 0.05) is 0 Å². The molecule has 0 aliphatic rings. The van der Waals surface area contributed by atoms with Crippen LogP contribution in [0.25, 0.3) is 0 Å². The molecule has 0 saturated heterocycles. The van der Waals surface area contributed by atoms with E-state index in [0.29, 0.717) is 6.29 Å². The van der Waals surface area contributed by atoms with Crippen LogP contribution in [0.1, 0.15) is 10.6 Å². The molecule has 1 aromatic heterocycles. The van der Waals surface area contributed by atoms with Crippen LogP contribution in [0.4, 0.5) is 4.39 Å². The molecule has 0 fully saturated rings. The summed E-state index contributed by atoms with van der Waals surface area (Å²) in [7, 11) is -3.94. The van der Waals surface area contributed by atoms with Crippen LogP contribution in [0, 0.1) is 5.82 Å². The van der Waals surface area contributed by atoms with Gasteiger partial charge >= 0.3 is 0 Å². The van der Waals surface area contributed by atoms with Crippen molar-refractivity contribution < 1.29 is 22.0 Å². The summed E-state index contributed by atoms with van der Waals surface area (Å²) in [6, 6.07) is 5.37. The summed E-state index contributed by atoms with van der Waals surface area (Å²) >= 11 is 5.51. The number of aldehydes is 1. The average Bonchev–Trinajstić information content (AvgIpc) is 2.81. The number of rotatable bonds is 3. The smallest absolute Gasteiger partial charge is 0.239 e. The number of furan rings is 1. The summed E-state index contributed by atoms with van der Waals surface area (Å²) < 4.78 is 41.9. The fraction of sp³-hybridized carbons (Fsp3) is 0. The molecule has 0 bridgehead atoms. The standard InChI is InChI=1S/C11H6ClFO4S/c12-9-5-8(2-3-10(9)13)18(15,16)11-4-1-7(6-14)17-11/h1-6H. The van der Waals surface area contributed by atoms with Gasteiger partial charge in [0.1, 0.15) is 5.82 Å². The van der Waals surface area contributed by atoms with Crippen LogP contribution in [-0.4, -0.2) is 14.7 Å². The topological polar surface area (TPSA) is 64.3 Å². The molecule has 1 heterocycles. The van der Waals surface area contributed by atoms with E-state index in [4.69, 9.17) is 16.0 Å². The van der Waals surface area contributed by atoms with Crippen LogP contribution < -0.4 is 0 Å². The molecule has 0 unspecified atom stereocenters. The zero-order valence-corrected chi connectivity index (χ0v) is 10.3. The highest BCUT2D eigenvalue weighted by atomic mass is 35.5. The van der Waals surface area contributed by atoms with Crippen molar-refractivity contribution in [3.63, 3.8) is 0 Å². The summed E-state index contributed by atoms with van der Waals surface area (Å²) in [6.45, 7) is 0. The average molecular weight is 289 g/mol. The summed E-state index contributed by atoms with van der Waals surface area (Å²) in [5, 5.41) is -0.703. The number of hydrogen-bond donors (Lipinski definition) is 0. The largest absolute Gasteiger partial charge is 0.442 e. The summed E-state index contributed by atoms with van der Waals surface area (Å²) in [5.74, 6) is -0.828. The maximum atomic E-state index is 13.0. The van der Waals surface area contributed by atoms with Gasteiger partial charge in [-0.15, -0.1) is 0 Å². The first-order chi connectivity index (χ1) is 8.45. The minimum absolute atomic E-state index is 0.109. The van der Waals surface area contributed by atoms with Gasteiger partial charge in [0.05, 0.1) is 9.92 Å². The minimum atomic E-state index is -3.94. The van der Waals surface area contributed by atoms with E-state index in [2.05, 4.69) is 0 Å². The van der Waals surface area contributed by atoms with Crippen molar-refractivity contribution in [2.45, 2.75) is 9.99 Å². The van der Waals surface area contributed by atoms with E-state index in [9.17, 15) is 17.6 Å². The van der Waals surface area contributed by atoms with Crippen LogP contribution in [0.15, 0.2) is 44.7 Å². The fourth-order valence-corrected chi connectivity index (χ4v) is 2.75. The normalized spacial score (nSPS) is 11.4. The zero-order valence-electron chi connectivity index (χ0n) is 8.76. The van der Waals surface area contributed by atoms with Crippen molar-refractivity contribution in [1.29, 1.82) is 0 Å². The second kappa shape index (κ2) is 4.55. The second-order valence-corrected chi connectivity index (χ2v) is 5.64. The Balaban J connectivity index is 2.53. The van der Waals surface area contributed by atoms with Gasteiger partial charge in [-0.1, -0.05) is 11.6 Å². The molecule has 7 heteroatoms. The third-order valence-electron chi connectivity index (χ3n) is 2.18. The Morgan fingerprint density at radius 1 is 1.22 bits per heavy atom. The quantitative estimate of drug-likeness (QED) is 0.643. The molecule has 0 spiro atoms. The highest BCUT2D eigenvalue weighted by molar-refractivity contribution is 7.91. The second-order valence-electron chi connectivity index (χ2n) is 3.35. The first-order valence-electron chi connectivity index (χ1n) is 4.70. The van der Waals surface area contributed by atoms with E-state index in [1.54, 1.807) is 0 Å². The van der Waals surface area contributed by atoms with Gasteiger partial charge in [0.15, 0.2) is 12.0 Å². The Hall–Kier alpha value is -1.66. The molecule has 4 nitrogen and oxygen atoms in total. The molecule has 18 heavy (non-hydrogen) atoms. The molecule has 94 valence electrons. The summed E-state index contributed by atoms with van der Waals surface area (Å²) in [5.41, 5.74) is 0. The maximum Gasteiger partial charge on any atom is 0.239 e. The minimum Gasteiger partial charge on any atom is -0.442 e. The third-order valence-corrected chi connectivity index (χ3v) is 4.10. The van der Waals surface area contributed by atoms with Crippen LogP contribution >= 0.6 is 11.6 Å². The van der Waals surface area contributed by atoms with Crippen molar-refractivity contribution in [3.05, 3.63) is 46.9 Å². The molecular weight excluding hydrogens is 283 g/mol. The van der Waals surface area contributed by atoms with Crippen LogP contribution in [0.2, 0.25) is 5.02 Å². The molecule has 0 atom stereocenters. The van der Waals surface area contributed by atoms with Gasteiger partial charge < -0.3 is 4.42 Å². The number of sulfone groups is 1. The molecule has 0 saturated carbocycles. The van der Waals surface area contributed by atoms with Crippen molar-refractivity contribution >= 4 is 27.7 Å². The molecule has 0 N–H and O–H groups in total. The molecule has 2 aromatic rings. The lowest BCUT2D eigenvalue weighted by atomic mass is 10.3. The van der Waals surface area contributed by atoms with Gasteiger partial charge in [-0.2, -0.15) is 0 Å². The predicted molar refractivity (Wildman–Crippen MR) is 61.0 cm³/mol. The molecule has 2 rings (SSSR count). The zero-order chi connectivity index (χ0) is 13.3.